The molecular formula is C18H19F3N2O4S. The Balaban J connectivity index is 0.000000706. The van der Waals surface area contributed by atoms with Gasteiger partial charge in [-0.05, 0) is 67.5 Å². The summed E-state index contributed by atoms with van der Waals surface area (Å²) in [6, 6.07) is 4.00. The number of Topliss-reactive ketones (excluding diaryl/α,β-unsaturated/α-hetero) is 1. The predicted octanol–water partition coefficient (Wildman–Crippen LogP) is 3.81. The summed E-state index contributed by atoms with van der Waals surface area (Å²) >= 11 is 1.03. The average molecular weight is 416 g/mol. The van der Waals surface area contributed by atoms with E-state index in [0.29, 0.717) is 34.0 Å². The number of alkyl halides is 3. The van der Waals surface area contributed by atoms with Crippen LogP contribution in [0.2, 0.25) is 0 Å². The van der Waals surface area contributed by atoms with Crippen LogP contribution in [0, 0.1) is 11.8 Å². The number of rotatable bonds is 4. The molecule has 1 aromatic carbocycles. The number of benzene rings is 1. The van der Waals surface area contributed by atoms with Crippen LogP contribution in [0.15, 0.2) is 18.2 Å². The monoisotopic (exact) mass is 416 g/mol. The normalized spacial score (nSPS) is 23.8. The molecule has 1 N–H and O–H groups in total. The molecule has 6 nitrogen and oxygen atoms in total. The third kappa shape index (κ3) is 4.79. The minimum Gasteiger partial charge on any atom is -0.483 e. The summed E-state index contributed by atoms with van der Waals surface area (Å²) in [5, 5.41) is 7.49. The van der Waals surface area contributed by atoms with E-state index in [0.717, 1.165) is 44.0 Å². The number of nitrogens with zero attached hydrogens (tertiary/aromatic N) is 2. The van der Waals surface area contributed by atoms with Crippen LogP contribution in [-0.4, -0.2) is 52.6 Å². The Bertz CT molecular complexity index is 847. The molecule has 0 unspecified atom stereocenters. The van der Waals surface area contributed by atoms with Crippen molar-refractivity contribution in [3.63, 3.8) is 0 Å². The first-order valence-electron chi connectivity index (χ1n) is 8.79. The summed E-state index contributed by atoms with van der Waals surface area (Å²) in [6.07, 6.45) is -1.98. The summed E-state index contributed by atoms with van der Waals surface area (Å²) < 4.78 is 45.6. The lowest BCUT2D eigenvalue weighted by atomic mass is 9.76. The first-order chi connectivity index (χ1) is 13.3. The number of hydrogen-bond acceptors (Lipinski definition) is 6. The first-order valence-corrected chi connectivity index (χ1v) is 9.56. The molecule has 3 aliphatic heterocycles. The lowest BCUT2D eigenvalue weighted by Gasteiger charge is -2.44. The molecule has 1 atom stereocenters. The van der Waals surface area contributed by atoms with Gasteiger partial charge in [0.05, 0.1) is 4.70 Å². The molecule has 0 spiro atoms. The van der Waals surface area contributed by atoms with Crippen LogP contribution in [0.3, 0.4) is 0 Å². The van der Waals surface area contributed by atoms with Gasteiger partial charge in [-0.3, -0.25) is 9.59 Å². The van der Waals surface area contributed by atoms with Crippen LogP contribution in [0.4, 0.5) is 13.2 Å². The van der Waals surface area contributed by atoms with Gasteiger partial charge in [-0.15, -0.1) is 13.2 Å². The zero-order chi connectivity index (χ0) is 20.3. The SMILES string of the molecule is O=C(C[C@@H]1CN2CCC1CC2)c1nsc2cc(OC(F)(F)F)ccc12.O=CO. The number of halogens is 3. The van der Waals surface area contributed by atoms with Crippen molar-refractivity contribution in [1.82, 2.24) is 9.27 Å². The number of ketones is 1. The molecule has 3 fully saturated rings. The van der Waals surface area contributed by atoms with Crippen molar-refractivity contribution < 1.29 is 32.6 Å². The molecule has 3 saturated heterocycles. The fourth-order valence-electron chi connectivity index (χ4n) is 3.97. The molecule has 0 radical (unpaired) electrons. The van der Waals surface area contributed by atoms with Crippen molar-refractivity contribution in [2.45, 2.75) is 25.6 Å². The summed E-state index contributed by atoms with van der Waals surface area (Å²) in [5.74, 6) is 0.653. The van der Waals surface area contributed by atoms with Crippen LogP contribution in [0.5, 0.6) is 5.75 Å². The molecule has 152 valence electrons. The van der Waals surface area contributed by atoms with Crippen LogP contribution in [-0.2, 0) is 4.79 Å². The first kappa shape index (κ1) is 20.5. The largest absolute Gasteiger partial charge is 0.573 e. The predicted molar refractivity (Wildman–Crippen MR) is 96.6 cm³/mol. The van der Waals surface area contributed by atoms with E-state index < -0.39 is 6.36 Å². The second kappa shape index (κ2) is 8.44. The number of carbonyl (C=O) groups excluding carboxylic acids is 1. The average Bonchev–Trinajstić information content (AvgIpc) is 3.05. The molecule has 1 aromatic heterocycles. The van der Waals surface area contributed by atoms with Gasteiger partial charge in [-0.1, -0.05) is 0 Å². The quantitative estimate of drug-likeness (QED) is 0.603. The second-order valence-electron chi connectivity index (χ2n) is 6.87. The van der Waals surface area contributed by atoms with Gasteiger partial charge in [-0.25, -0.2) is 0 Å². The third-order valence-corrected chi connectivity index (χ3v) is 5.99. The van der Waals surface area contributed by atoms with Crippen molar-refractivity contribution in [3.8, 4) is 5.75 Å². The molecule has 3 aliphatic rings. The van der Waals surface area contributed by atoms with Crippen LogP contribution in [0.1, 0.15) is 29.8 Å². The topological polar surface area (TPSA) is 79.7 Å². The maximum absolute atomic E-state index is 12.7. The highest BCUT2D eigenvalue weighted by molar-refractivity contribution is 7.13. The standard InChI is InChI=1S/C17H17F3N2O2S.CH2O2/c18-17(19,20)24-12-1-2-13-15(8-12)25-21-16(13)14(23)7-11-9-22-5-3-10(11)4-6-22;2-1-3/h1-2,8,10-11H,3-7,9H2;1H,(H,2,3)/t11-;/m1./s1. The van der Waals surface area contributed by atoms with Gasteiger partial charge in [0.1, 0.15) is 11.4 Å². The minimum atomic E-state index is -4.73. The highest BCUT2D eigenvalue weighted by Crippen LogP contribution is 2.36. The minimum absolute atomic E-state index is 0.0190. The lowest BCUT2D eigenvalue weighted by molar-refractivity contribution is -0.274. The smallest absolute Gasteiger partial charge is 0.483 e. The highest BCUT2D eigenvalue weighted by atomic mass is 32.1. The Hall–Kier alpha value is -2.20. The van der Waals surface area contributed by atoms with Crippen molar-refractivity contribution in [1.29, 1.82) is 0 Å². The van der Waals surface area contributed by atoms with Crippen molar-refractivity contribution in [2.75, 3.05) is 19.6 Å². The fraction of sp³-hybridized carbons (Fsp3) is 0.500. The van der Waals surface area contributed by atoms with E-state index in [4.69, 9.17) is 9.90 Å². The number of aromatic nitrogens is 1. The zero-order valence-corrected chi connectivity index (χ0v) is 15.6. The third-order valence-electron chi connectivity index (χ3n) is 5.18. The second-order valence-corrected chi connectivity index (χ2v) is 7.67. The number of piperidine rings is 3. The van der Waals surface area contributed by atoms with Gasteiger partial charge in [-0.2, -0.15) is 4.37 Å². The number of carboxylic acid groups (broad SMARTS) is 1. The summed E-state index contributed by atoms with van der Waals surface area (Å²) in [7, 11) is 0. The molecule has 0 amide bonds. The molecule has 28 heavy (non-hydrogen) atoms. The van der Waals surface area contributed by atoms with E-state index in [-0.39, 0.29) is 18.0 Å². The van der Waals surface area contributed by atoms with E-state index in [1.807, 2.05) is 0 Å². The van der Waals surface area contributed by atoms with Crippen molar-refractivity contribution in [2.24, 2.45) is 11.8 Å². The van der Waals surface area contributed by atoms with Gasteiger partial charge in [0.2, 0.25) is 0 Å². The van der Waals surface area contributed by atoms with Gasteiger partial charge in [0.25, 0.3) is 6.47 Å². The molecule has 10 heteroatoms. The summed E-state index contributed by atoms with van der Waals surface area (Å²) in [4.78, 5) is 23.5. The number of carbonyl (C=O) groups is 2. The van der Waals surface area contributed by atoms with Crippen molar-refractivity contribution in [3.05, 3.63) is 23.9 Å². The molecule has 0 aliphatic carbocycles. The van der Waals surface area contributed by atoms with Gasteiger partial charge in [0.15, 0.2) is 5.78 Å². The molecule has 2 bridgehead atoms. The van der Waals surface area contributed by atoms with Crippen molar-refractivity contribution >= 4 is 33.9 Å². The Labute approximate surface area is 163 Å². The molecule has 0 saturated carbocycles. The van der Waals surface area contributed by atoms with E-state index in [1.165, 1.54) is 18.2 Å². The fourth-order valence-corrected chi connectivity index (χ4v) is 4.79. The van der Waals surface area contributed by atoms with Gasteiger partial charge < -0.3 is 14.7 Å². The highest BCUT2D eigenvalue weighted by Gasteiger charge is 2.36. The maximum Gasteiger partial charge on any atom is 0.573 e. The van der Waals surface area contributed by atoms with E-state index in [2.05, 4.69) is 14.0 Å². The molecule has 2 aromatic rings. The van der Waals surface area contributed by atoms with E-state index in [9.17, 15) is 18.0 Å². The molecule has 5 rings (SSSR count). The number of fused-ring (bicyclic) bond motifs is 4. The Morgan fingerprint density at radius 3 is 2.61 bits per heavy atom. The van der Waals surface area contributed by atoms with E-state index in [1.54, 1.807) is 0 Å². The Morgan fingerprint density at radius 1 is 1.36 bits per heavy atom. The van der Waals surface area contributed by atoms with Gasteiger partial charge >= 0.3 is 6.36 Å². The Kier molecular flexibility index (Phi) is 6.19. The lowest BCUT2D eigenvalue weighted by Crippen LogP contribution is -2.47. The van der Waals surface area contributed by atoms with E-state index >= 15 is 0 Å². The van der Waals surface area contributed by atoms with Crippen LogP contribution >= 0.6 is 11.5 Å². The molecular weight excluding hydrogens is 397 g/mol. The number of hydrogen-bond donors (Lipinski definition) is 1. The number of ether oxygens (including phenoxy) is 1. The summed E-state index contributed by atoms with van der Waals surface area (Å²) in [5.41, 5.74) is 0.370. The van der Waals surface area contributed by atoms with Crippen LogP contribution in [0.25, 0.3) is 10.1 Å². The molecule has 4 heterocycles. The van der Waals surface area contributed by atoms with Gasteiger partial charge in [0, 0.05) is 18.4 Å². The Morgan fingerprint density at radius 2 is 2.04 bits per heavy atom. The van der Waals surface area contributed by atoms with Crippen LogP contribution < -0.4 is 4.74 Å². The summed E-state index contributed by atoms with van der Waals surface area (Å²) in [6.45, 7) is 2.95. The zero-order valence-electron chi connectivity index (χ0n) is 14.8. The maximum atomic E-state index is 12.7.